The van der Waals surface area contributed by atoms with Crippen LogP contribution in [-0.4, -0.2) is 43.0 Å². The minimum atomic E-state index is -2.87. The van der Waals surface area contributed by atoms with Crippen molar-refractivity contribution in [3.05, 3.63) is 46.7 Å². The van der Waals surface area contributed by atoms with E-state index >= 15 is 4.39 Å². The van der Waals surface area contributed by atoms with Crippen molar-refractivity contribution in [2.45, 2.75) is 50.3 Å². The zero-order valence-corrected chi connectivity index (χ0v) is 20.1. The van der Waals surface area contributed by atoms with Crippen LogP contribution in [0.3, 0.4) is 0 Å². The monoisotopic (exact) mass is 483 g/mol. The molecule has 34 heavy (non-hydrogen) atoms. The molecule has 3 atom stereocenters. The van der Waals surface area contributed by atoms with Crippen LogP contribution in [0.1, 0.15) is 60.4 Å². The van der Waals surface area contributed by atoms with E-state index in [4.69, 9.17) is 11.5 Å². The number of amides is 1. The first-order valence-corrected chi connectivity index (χ1v) is 12.6. The molecule has 0 saturated carbocycles. The molecule has 1 amide bonds. The lowest BCUT2D eigenvalue weighted by molar-refractivity contribution is 0.0995. The zero-order valence-electron chi connectivity index (χ0n) is 19.3. The summed E-state index contributed by atoms with van der Waals surface area (Å²) in [5.74, 6) is -1.26. The Labute approximate surface area is 197 Å². The summed E-state index contributed by atoms with van der Waals surface area (Å²) in [5.41, 5.74) is 11.5. The maximum atomic E-state index is 15.2. The lowest BCUT2D eigenvalue weighted by atomic mass is 9.94. The third-order valence-corrected chi connectivity index (χ3v) is 10.1. The molecule has 0 radical (unpaired) electrons. The van der Waals surface area contributed by atoms with Crippen molar-refractivity contribution in [2.24, 2.45) is 20.8 Å². The molecule has 4 heterocycles. The van der Waals surface area contributed by atoms with E-state index in [1.54, 1.807) is 13.8 Å². The van der Waals surface area contributed by atoms with Gasteiger partial charge in [0.05, 0.1) is 26.7 Å². The summed E-state index contributed by atoms with van der Waals surface area (Å²) in [6.07, 6.45) is 3.46. The fourth-order valence-electron chi connectivity index (χ4n) is 4.74. The van der Waals surface area contributed by atoms with E-state index in [-0.39, 0.29) is 34.2 Å². The average molecular weight is 484 g/mol. The molecule has 0 aliphatic carbocycles. The second-order valence-corrected chi connectivity index (χ2v) is 11.8. The normalized spacial score (nSPS) is 28.6. The predicted octanol–water partition coefficient (Wildman–Crippen LogP) is 2.56. The Morgan fingerprint density at radius 2 is 2.03 bits per heavy atom. The largest absolute Gasteiger partial charge is 0.386 e. The molecule has 2 aromatic rings. The van der Waals surface area contributed by atoms with Gasteiger partial charge in [-0.1, -0.05) is 0 Å². The number of rotatable bonds is 3. The van der Waals surface area contributed by atoms with Gasteiger partial charge in [-0.05, 0) is 57.7 Å². The van der Waals surface area contributed by atoms with Gasteiger partial charge in [0.1, 0.15) is 39.4 Å². The molecule has 3 unspecified atom stereocenters. The zero-order chi connectivity index (χ0) is 24.9. The maximum Gasteiger partial charge on any atom is 0.267 e. The van der Waals surface area contributed by atoms with Crippen molar-refractivity contribution in [2.75, 3.05) is 12.3 Å². The average Bonchev–Trinajstić information content (AvgIpc) is 2.92. The van der Waals surface area contributed by atoms with Crippen molar-refractivity contribution in [3.63, 3.8) is 0 Å². The van der Waals surface area contributed by atoms with Crippen LogP contribution in [0, 0.1) is 24.1 Å². The van der Waals surface area contributed by atoms with Crippen LogP contribution in [0.15, 0.2) is 27.7 Å². The first-order chi connectivity index (χ1) is 16.0. The third kappa shape index (κ3) is 3.53. The van der Waals surface area contributed by atoms with E-state index in [9.17, 15) is 14.3 Å². The molecule has 0 fully saturated rings. The van der Waals surface area contributed by atoms with Gasteiger partial charge in [-0.2, -0.15) is 5.26 Å². The highest BCUT2D eigenvalue weighted by Gasteiger charge is 2.51. The van der Waals surface area contributed by atoms with Crippen molar-refractivity contribution >= 4 is 21.5 Å². The number of nitriles is 1. The van der Waals surface area contributed by atoms with Gasteiger partial charge in [-0.3, -0.25) is 9.79 Å². The van der Waals surface area contributed by atoms with Gasteiger partial charge in [0.15, 0.2) is 0 Å². The number of nitrogens with zero attached hydrogens (tertiary/aromatic N) is 5. The number of amidine groups is 1. The highest BCUT2D eigenvalue weighted by Crippen LogP contribution is 2.42. The van der Waals surface area contributed by atoms with E-state index in [1.165, 1.54) is 18.3 Å². The summed E-state index contributed by atoms with van der Waals surface area (Å²) in [6, 6.07) is 4.65. The Morgan fingerprint density at radius 1 is 1.29 bits per heavy atom. The summed E-state index contributed by atoms with van der Waals surface area (Å²) in [5, 5.41) is 9.61. The number of fused-ring (bicyclic) bond motifs is 1. The first kappa shape index (κ1) is 23.8. The van der Waals surface area contributed by atoms with E-state index in [0.717, 1.165) is 12.8 Å². The maximum absolute atomic E-state index is 15.2. The van der Waals surface area contributed by atoms with E-state index in [2.05, 4.69) is 19.3 Å². The summed E-state index contributed by atoms with van der Waals surface area (Å²) in [4.78, 5) is 24.9. The Kier molecular flexibility index (Phi) is 5.68. The number of aliphatic imine (C=N–C) groups is 1. The van der Waals surface area contributed by atoms with E-state index < -0.39 is 31.7 Å². The summed E-state index contributed by atoms with van der Waals surface area (Å²) >= 11 is 0. The van der Waals surface area contributed by atoms with Gasteiger partial charge in [0.25, 0.3) is 5.91 Å². The fourth-order valence-corrected chi connectivity index (χ4v) is 7.65. The number of hydrogen-bond donors (Lipinski definition) is 2. The van der Waals surface area contributed by atoms with Gasteiger partial charge in [-0.15, -0.1) is 0 Å². The van der Waals surface area contributed by atoms with Crippen LogP contribution < -0.4 is 11.5 Å². The molecular formula is C23H26FN7O2S. The van der Waals surface area contributed by atoms with Gasteiger partial charge in [0.2, 0.25) is 0 Å². The van der Waals surface area contributed by atoms with E-state index in [0.29, 0.717) is 24.1 Å². The molecule has 9 nitrogen and oxygen atoms in total. The molecule has 11 heteroatoms. The second kappa shape index (κ2) is 8.13. The van der Waals surface area contributed by atoms with Crippen molar-refractivity contribution in [1.29, 1.82) is 5.26 Å². The van der Waals surface area contributed by atoms with Gasteiger partial charge >= 0.3 is 0 Å². The Bertz CT molecular complexity index is 1410. The van der Waals surface area contributed by atoms with Crippen LogP contribution >= 0.6 is 0 Å². The smallest absolute Gasteiger partial charge is 0.267 e. The SMILES string of the molecule is Cc1c(C(N)=O)ncc(C#N)c1-c1ccc(F)c(C2(C)CS3(=O)=NCCCCC3(C)C(N)=N2)n1. The summed E-state index contributed by atoms with van der Waals surface area (Å²) in [7, 11) is -2.87. The molecule has 178 valence electrons. The fraction of sp³-hybridized carbons (Fsp3) is 0.435. The number of pyridine rings is 2. The number of aromatic nitrogens is 2. The molecule has 0 saturated heterocycles. The van der Waals surface area contributed by atoms with Gasteiger partial charge < -0.3 is 11.5 Å². The summed E-state index contributed by atoms with van der Waals surface area (Å²) in [6.45, 7) is 5.50. The number of hydrogen-bond acceptors (Lipinski definition) is 8. The third-order valence-electron chi connectivity index (χ3n) is 6.74. The van der Waals surface area contributed by atoms with Crippen LogP contribution in [0.4, 0.5) is 4.39 Å². The molecule has 0 aromatic carbocycles. The Balaban J connectivity index is 1.94. The highest BCUT2D eigenvalue weighted by molar-refractivity contribution is 7.95. The minimum Gasteiger partial charge on any atom is -0.386 e. The minimum absolute atomic E-state index is 0.0104. The number of carbonyl (C=O) groups is 1. The van der Waals surface area contributed by atoms with Gasteiger partial charge in [0, 0.05) is 18.3 Å². The quantitative estimate of drug-likeness (QED) is 0.682. The number of nitrogens with two attached hydrogens (primary N) is 2. The molecule has 2 aliphatic rings. The predicted molar refractivity (Wildman–Crippen MR) is 127 cm³/mol. The molecule has 4 rings (SSSR count). The van der Waals surface area contributed by atoms with Gasteiger partial charge in [-0.25, -0.2) is 22.9 Å². The number of primary amides is 1. The number of carbonyl (C=O) groups excluding carboxylic acids is 1. The molecule has 2 aromatic heterocycles. The van der Waals surface area contributed by atoms with Crippen LogP contribution in [0.25, 0.3) is 11.3 Å². The number of halogens is 1. The first-order valence-electron chi connectivity index (χ1n) is 10.9. The van der Waals surface area contributed by atoms with Crippen LogP contribution in [0.5, 0.6) is 0 Å². The topological polar surface area (TPSA) is 160 Å². The Morgan fingerprint density at radius 3 is 2.71 bits per heavy atom. The highest BCUT2D eigenvalue weighted by atomic mass is 32.2. The standard InChI is InChI=1S/C23H26FN7O2S/c1-13-17(14(10-25)11-28-18(13)20(26)32)16-7-6-15(24)19(30-16)22(2)12-34(33)23(3,21(27)31-22)8-4-5-9-29-34/h6-7,11H,4-5,8-9,12H2,1-3H3,(H2,26,32)(H2,27,31). The van der Waals surface area contributed by atoms with Crippen molar-refractivity contribution in [1.82, 2.24) is 9.97 Å². The Hall–Kier alpha value is -3.39. The van der Waals surface area contributed by atoms with Crippen molar-refractivity contribution < 1.29 is 13.4 Å². The lowest BCUT2D eigenvalue weighted by Gasteiger charge is -2.41. The molecule has 0 spiro atoms. The van der Waals surface area contributed by atoms with Crippen molar-refractivity contribution in [3.8, 4) is 17.3 Å². The van der Waals surface area contributed by atoms with Crippen LogP contribution in [0.2, 0.25) is 0 Å². The summed E-state index contributed by atoms with van der Waals surface area (Å²) < 4.78 is 32.9. The molecule has 0 bridgehead atoms. The molecular weight excluding hydrogens is 457 g/mol. The van der Waals surface area contributed by atoms with Crippen LogP contribution in [-0.2, 0) is 15.3 Å². The molecule has 4 N–H and O–H groups in total. The second-order valence-electron chi connectivity index (χ2n) is 9.12. The molecule has 2 aliphatic heterocycles. The van der Waals surface area contributed by atoms with E-state index in [1.807, 2.05) is 13.0 Å². The lowest BCUT2D eigenvalue weighted by Crippen LogP contribution is -2.56.